The first-order valence-corrected chi connectivity index (χ1v) is 5.93. The van der Waals surface area contributed by atoms with Crippen molar-refractivity contribution in [3.05, 3.63) is 29.6 Å². The topological polar surface area (TPSA) is 46.2 Å². The van der Waals surface area contributed by atoms with Crippen LogP contribution in [0.4, 0.5) is 4.39 Å². The van der Waals surface area contributed by atoms with Crippen molar-refractivity contribution in [3.8, 4) is 0 Å². The van der Waals surface area contributed by atoms with Gasteiger partial charge in [0.2, 0.25) is 0 Å². The third-order valence-corrected chi connectivity index (χ3v) is 3.25. The maximum atomic E-state index is 13.5. The van der Waals surface area contributed by atoms with Gasteiger partial charge in [0, 0.05) is 23.3 Å². The lowest BCUT2D eigenvalue weighted by Gasteiger charge is -2.12. The summed E-state index contributed by atoms with van der Waals surface area (Å²) < 4.78 is 13.5. The number of hydrogen-bond donors (Lipinski definition) is 2. The molecule has 0 bridgehead atoms. The normalized spacial score (nSPS) is 12.8. The maximum Gasteiger partial charge on any atom is 0.137 e. The molecule has 1 aromatic rings. The second-order valence-electron chi connectivity index (χ2n) is 3.37. The van der Waals surface area contributed by atoms with Crippen molar-refractivity contribution in [2.75, 3.05) is 12.4 Å². The zero-order valence-electron chi connectivity index (χ0n) is 8.74. The van der Waals surface area contributed by atoms with Gasteiger partial charge in [-0.15, -0.1) is 11.8 Å². The zero-order valence-corrected chi connectivity index (χ0v) is 9.56. The Morgan fingerprint density at radius 2 is 2.27 bits per heavy atom. The molecule has 0 saturated carbocycles. The lowest BCUT2D eigenvalue weighted by Crippen LogP contribution is -2.07. The summed E-state index contributed by atoms with van der Waals surface area (Å²) in [5.74, 6) is 0.477. The molecule has 0 saturated heterocycles. The van der Waals surface area contributed by atoms with Gasteiger partial charge in [0.1, 0.15) is 5.82 Å². The summed E-state index contributed by atoms with van der Waals surface area (Å²) in [6, 6.07) is 4.78. The second kappa shape index (κ2) is 6.10. The standard InChI is InChI=1S/C11H16FNOS/c1-8(13)9-4-2-5-10(12)11(9)15-7-3-6-14/h2,4-5,8,14H,3,6-7,13H2,1H3/t8-/m0/s1. The minimum absolute atomic E-state index is 0.134. The monoisotopic (exact) mass is 229 g/mol. The van der Waals surface area contributed by atoms with Crippen molar-refractivity contribution in [1.29, 1.82) is 0 Å². The third kappa shape index (κ3) is 3.48. The average molecular weight is 229 g/mol. The van der Waals surface area contributed by atoms with Crippen LogP contribution in [-0.2, 0) is 0 Å². The zero-order chi connectivity index (χ0) is 11.3. The molecular formula is C11H16FNOS. The van der Waals surface area contributed by atoms with Crippen molar-refractivity contribution in [3.63, 3.8) is 0 Å². The van der Waals surface area contributed by atoms with E-state index in [4.69, 9.17) is 10.8 Å². The smallest absolute Gasteiger partial charge is 0.137 e. The van der Waals surface area contributed by atoms with Crippen LogP contribution in [0.3, 0.4) is 0 Å². The van der Waals surface area contributed by atoms with Crippen LogP contribution in [0.15, 0.2) is 23.1 Å². The van der Waals surface area contributed by atoms with Gasteiger partial charge < -0.3 is 10.8 Å². The highest BCUT2D eigenvalue weighted by Crippen LogP contribution is 2.29. The Hall–Kier alpha value is -0.580. The largest absolute Gasteiger partial charge is 0.396 e. The molecule has 84 valence electrons. The Morgan fingerprint density at radius 3 is 2.87 bits per heavy atom. The van der Waals surface area contributed by atoms with Gasteiger partial charge in [0.25, 0.3) is 0 Å². The molecule has 1 rings (SSSR count). The van der Waals surface area contributed by atoms with E-state index < -0.39 is 0 Å². The summed E-state index contributed by atoms with van der Waals surface area (Å²) in [6.07, 6.45) is 0.664. The van der Waals surface area contributed by atoms with E-state index in [2.05, 4.69) is 0 Å². The number of aliphatic hydroxyl groups excluding tert-OH is 1. The van der Waals surface area contributed by atoms with Gasteiger partial charge in [0.05, 0.1) is 0 Å². The van der Waals surface area contributed by atoms with Crippen molar-refractivity contribution in [2.24, 2.45) is 5.73 Å². The summed E-state index contributed by atoms with van der Waals surface area (Å²) in [5.41, 5.74) is 6.59. The highest BCUT2D eigenvalue weighted by atomic mass is 32.2. The van der Waals surface area contributed by atoms with Gasteiger partial charge in [-0.3, -0.25) is 0 Å². The van der Waals surface area contributed by atoms with Crippen LogP contribution in [0.2, 0.25) is 0 Å². The number of nitrogens with two attached hydrogens (primary N) is 1. The van der Waals surface area contributed by atoms with E-state index in [1.165, 1.54) is 17.8 Å². The molecule has 1 atom stereocenters. The van der Waals surface area contributed by atoms with Gasteiger partial charge in [-0.2, -0.15) is 0 Å². The second-order valence-corrected chi connectivity index (χ2v) is 4.48. The number of halogens is 1. The molecule has 0 aliphatic rings. The van der Waals surface area contributed by atoms with Crippen LogP contribution in [0.1, 0.15) is 24.9 Å². The summed E-state index contributed by atoms with van der Waals surface area (Å²) in [5, 5.41) is 8.66. The molecule has 3 N–H and O–H groups in total. The Morgan fingerprint density at radius 1 is 1.53 bits per heavy atom. The summed E-state index contributed by atoms with van der Waals surface area (Å²) in [6.45, 7) is 1.97. The molecule has 0 aliphatic heterocycles. The van der Waals surface area contributed by atoms with E-state index in [1.807, 2.05) is 13.0 Å². The highest BCUT2D eigenvalue weighted by molar-refractivity contribution is 7.99. The van der Waals surface area contributed by atoms with Crippen LogP contribution in [0, 0.1) is 5.82 Å². The fraction of sp³-hybridized carbons (Fsp3) is 0.455. The van der Waals surface area contributed by atoms with Crippen LogP contribution in [0.25, 0.3) is 0 Å². The van der Waals surface area contributed by atoms with Gasteiger partial charge in [-0.05, 0) is 25.0 Å². The van der Waals surface area contributed by atoms with Gasteiger partial charge in [-0.1, -0.05) is 12.1 Å². The maximum absolute atomic E-state index is 13.5. The number of hydrogen-bond acceptors (Lipinski definition) is 3. The highest BCUT2D eigenvalue weighted by Gasteiger charge is 2.11. The molecule has 2 nitrogen and oxygen atoms in total. The summed E-state index contributed by atoms with van der Waals surface area (Å²) >= 11 is 1.41. The van der Waals surface area contributed by atoms with Crippen LogP contribution >= 0.6 is 11.8 Å². The van der Waals surface area contributed by atoms with Gasteiger partial charge >= 0.3 is 0 Å². The Bertz CT molecular complexity index is 317. The number of benzene rings is 1. The Labute approximate surface area is 93.7 Å². The van der Waals surface area contributed by atoms with Crippen LogP contribution in [0.5, 0.6) is 0 Å². The number of aliphatic hydroxyl groups is 1. The molecule has 0 fully saturated rings. The van der Waals surface area contributed by atoms with E-state index in [9.17, 15) is 4.39 Å². The van der Waals surface area contributed by atoms with E-state index in [0.29, 0.717) is 17.1 Å². The van der Waals surface area contributed by atoms with E-state index >= 15 is 0 Å². The summed E-state index contributed by atoms with van der Waals surface area (Å²) in [4.78, 5) is 0.612. The fourth-order valence-electron chi connectivity index (χ4n) is 1.28. The quantitative estimate of drug-likeness (QED) is 0.601. The fourth-order valence-corrected chi connectivity index (χ4v) is 2.38. The minimum atomic E-state index is -0.229. The minimum Gasteiger partial charge on any atom is -0.396 e. The molecule has 15 heavy (non-hydrogen) atoms. The van der Waals surface area contributed by atoms with E-state index in [1.54, 1.807) is 6.07 Å². The first kappa shape index (κ1) is 12.5. The lowest BCUT2D eigenvalue weighted by atomic mass is 10.1. The molecule has 0 radical (unpaired) electrons. The number of rotatable bonds is 5. The van der Waals surface area contributed by atoms with Crippen LogP contribution < -0.4 is 5.73 Å². The Kier molecular flexibility index (Phi) is 5.08. The predicted molar refractivity (Wildman–Crippen MR) is 61.4 cm³/mol. The lowest BCUT2D eigenvalue weighted by molar-refractivity contribution is 0.296. The number of thioether (sulfide) groups is 1. The van der Waals surface area contributed by atoms with Gasteiger partial charge in [0.15, 0.2) is 0 Å². The molecule has 0 amide bonds. The van der Waals surface area contributed by atoms with Crippen molar-refractivity contribution in [1.82, 2.24) is 0 Å². The molecule has 0 unspecified atom stereocenters. The average Bonchev–Trinajstić information content (AvgIpc) is 2.20. The van der Waals surface area contributed by atoms with E-state index in [0.717, 1.165) is 5.56 Å². The molecular weight excluding hydrogens is 213 g/mol. The molecule has 0 aliphatic carbocycles. The molecule has 0 aromatic heterocycles. The first-order chi connectivity index (χ1) is 7.16. The molecule has 1 aromatic carbocycles. The third-order valence-electron chi connectivity index (χ3n) is 2.04. The van der Waals surface area contributed by atoms with Crippen molar-refractivity contribution < 1.29 is 9.50 Å². The van der Waals surface area contributed by atoms with Gasteiger partial charge in [-0.25, -0.2) is 4.39 Å². The summed E-state index contributed by atoms with van der Waals surface area (Å²) in [7, 11) is 0. The molecule has 0 spiro atoms. The van der Waals surface area contributed by atoms with Crippen molar-refractivity contribution >= 4 is 11.8 Å². The molecule has 4 heteroatoms. The predicted octanol–water partition coefficient (Wildman–Crippen LogP) is 2.32. The first-order valence-electron chi connectivity index (χ1n) is 4.94. The van der Waals surface area contributed by atoms with E-state index in [-0.39, 0.29) is 18.5 Å². The van der Waals surface area contributed by atoms with Crippen molar-refractivity contribution in [2.45, 2.75) is 24.3 Å². The Balaban J connectivity index is 2.82. The molecule has 0 heterocycles. The SMILES string of the molecule is C[C@H](N)c1cccc(F)c1SCCCO. The van der Waals surface area contributed by atoms with Crippen LogP contribution in [-0.4, -0.2) is 17.5 Å².